The first kappa shape index (κ1) is 10.5. The number of rotatable bonds is 3. The molecule has 0 aromatic rings. The monoisotopic (exact) mass is 226 g/mol. The zero-order valence-electron chi connectivity index (χ0n) is 9.61. The molecule has 0 aromatic carbocycles. The first-order valence-corrected chi connectivity index (χ1v) is 6.06. The normalized spacial score (nSPS) is 39.4. The number of hydrogen-bond donors (Lipinski definition) is 0. The Hall–Kier alpha value is -0.610. The van der Waals surface area contributed by atoms with Crippen molar-refractivity contribution in [3.8, 4) is 0 Å². The fraction of sp³-hybridized carbons (Fsp3) is 0.917. The van der Waals surface area contributed by atoms with Crippen molar-refractivity contribution in [3.63, 3.8) is 0 Å². The van der Waals surface area contributed by atoms with Crippen LogP contribution in [-0.4, -0.2) is 38.0 Å². The van der Waals surface area contributed by atoms with Gasteiger partial charge in [0.2, 0.25) is 0 Å². The molecule has 2 saturated heterocycles. The van der Waals surface area contributed by atoms with Crippen LogP contribution in [0, 0.1) is 11.3 Å². The second kappa shape index (κ2) is 3.70. The highest BCUT2D eigenvalue weighted by Crippen LogP contribution is 2.40. The standard InChI is InChI=1S/C12H18O4/c1-12(5-14-6-12)7-15-11(13)8-2-3-9-10(4-8)16-9/h8-10H,2-7H2,1H3. The Kier molecular flexibility index (Phi) is 2.44. The van der Waals surface area contributed by atoms with Gasteiger partial charge in [0.15, 0.2) is 0 Å². The summed E-state index contributed by atoms with van der Waals surface area (Å²) in [6.07, 6.45) is 3.59. The van der Waals surface area contributed by atoms with Gasteiger partial charge in [0.25, 0.3) is 0 Å². The molecular formula is C12H18O4. The van der Waals surface area contributed by atoms with Gasteiger partial charge in [0.05, 0.1) is 31.3 Å². The Morgan fingerprint density at radius 2 is 2.19 bits per heavy atom. The van der Waals surface area contributed by atoms with Crippen LogP contribution in [-0.2, 0) is 19.0 Å². The second-order valence-corrected chi connectivity index (χ2v) is 5.63. The van der Waals surface area contributed by atoms with Crippen LogP contribution in [0.15, 0.2) is 0 Å². The summed E-state index contributed by atoms with van der Waals surface area (Å²) in [7, 11) is 0. The third-order valence-corrected chi connectivity index (χ3v) is 3.80. The topological polar surface area (TPSA) is 48.1 Å². The van der Waals surface area contributed by atoms with Gasteiger partial charge in [-0.25, -0.2) is 0 Å². The van der Waals surface area contributed by atoms with Crippen LogP contribution in [0.2, 0.25) is 0 Å². The number of esters is 1. The fourth-order valence-corrected chi connectivity index (χ4v) is 2.52. The highest BCUT2D eigenvalue weighted by atomic mass is 16.6. The molecule has 1 aliphatic carbocycles. The van der Waals surface area contributed by atoms with Gasteiger partial charge in [-0.3, -0.25) is 4.79 Å². The smallest absolute Gasteiger partial charge is 0.309 e. The Morgan fingerprint density at radius 1 is 1.38 bits per heavy atom. The molecule has 0 bridgehead atoms. The summed E-state index contributed by atoms with van der Waals surface area (Å²) in [5, 5.41) is 0. The number of fused-ring (bicyclic) bond motifs is 1. The summed E-state index contributed by atoms with van der Waals surface area (Å²) >= 11 is 0. The SMILES string of the molecule is CC1(COC(=O)C2CCC3OC3C2)COC1. The summed E-state index contributed by atoms with van der Waals surface area (Å²) in [6, 6.07) is 0. The average molecular weight is 226 g/mol. The van der Waals surface area contributed by atoms with Crippen LogP contribution in [0.25, 0.3) is 0 Å². The Labute approximate surface area is 95.2 Å². The first-order valence-electron chi connectivity index (χ1n) is 6.06. The lowest BCUT2D eigenvalue weighted by Crippen LogP contribution is -2.44. The summed E-state index contributed by atoms with van der Waals surface area (Å²) in [6.45, 7) is 4.00. The summed E-state index contributed by atoms with van der Waals surface area (Å²) in [5.74, 6) is 0.0235. The maximum absolute atomic E-state index is 11.8. The highest BCUT2D eigenvalue weighted by molar-refractivity contribution is 5.72. The van der Waals surface area contributed by atoms with Gasteiger partial charge in [-0.2, -0.15) is 0 Å². The maximum atomic E-state index is 11.8. The van der Waals surface area contributed by atoms with E-state index in [4.69, 9.17) is 14.2 Å². The van der Waals surface area contributed by atoms with Gasteiger partial charge in [-0.1, -0.05) is 6.92 Å². The van der Waals surface area contributed by atoms with E-state index in [0.717, 1.165) is 19.3 Å². The van der Waals surface area contributed by atoms with Crippen molar-refractivity contribution in [2.24, 2.45) is 11.3 Å². The van der Waals surface area contributed by atoms with E-state index >= 15 is 0 Å². The lowest BCUT2D eigenvalue weighted by atomic mass is 9.88. The number of carbonyl (C=O) groups is 1. The zero-order chi connectivity index (χ0) is 11.2. The minimum atomic E-state index is -0.0397. The average Bonchev–Trinajstić information content (AvgIpc) is 3.01. The van der Waals surface area contributed by atoms with Crippen molar-refractivity contribution in [2.75, 3.05) is 19.8 Å². The Balaban J connectivity index is 1.45. The number of hydrogen-bond acceptors (Lipinski definition) is 4. The molecule has 0 amide bonds. The minimum Gasteiger partial charge on any atom is -0.465 e. The van der Waals surface area contributed by atoms with E-state index in [2.05, 4.69) is 6.92 Å². The molecule has 16 heavy (non-hydrogen) atoms. The second-order valence-electron chi connectivity index (χ2n) is 5.63. The van der Waals surface area contributed by atoms with E-state index < -0.39 is 0 Å². The molecule has 2 heterocycles. The van der Waals surface area contributed by atoms with Crippen LogP contribution in [0.4, 0.5) is 0 Å². The van der Waals surface area contributed by atoms with Gasteiger partial charge >= 0.3 is 5.97 Å². The molecule has 0 radical (unpaired) electrons. The molecule has 3 unspecified atom stereocenters. The van der Waals surface area contributed by atoms with E-state index in [1.807, 2.05) is 0 Å². The Morgan fingerprint density at radius 3 is 2.81 bits per heavy atom. The van der Waals surface area contributed by atoms with E-state index in [9.17, 15) is 4.79 Å². The van der Waals surface area contributed by atoms with Gasteiger partial charge in [-0.05, 0) is 19.3 Å². The third kappa shape index (κ3) is 1.96. The Bertz CT molecular complexity index is 297. The van der Waals surface area contributed by atoms with Crippen LogP contribution in [0.1, 0.15) is 26.2 Å². The molecule has 90 valence electrons. The van der Waals surface area contributed by atoms with Crippen molar-refractivity contribution in [1.82, 2.24) is 0 Å². The van der Waals surface area contributed by atoms with Gasteiger partial charge in [-0.15, -0.1) is 0 Å². The lowest BCUT2D eigenvalue weighted by molar-refractivity contribution is -0.169. The fourth-order valence-electron chi connectivity index (χ4n) is 2.52. The summed E-state index contributed by atoms with van der Waals surface area (Å²) in [5.41, 5.74) is 0.0585. The van der Waals surface area contributed by atoms with Crippen molar-refractivity contribution in [3.05, 3.63) is 0 Å². The number of carbonyl (C=O) groups excluding carboxylic acids is 1. The van der Waals surface area contributed by atoms with Crippen molar-refractivity contribution < 1.29 is 19.0 Å². The predicted octanol–water partition coefficient (Wildman–Crippen LogP) is 1.13. The number of ether oxygens (including phenoxy) is 3. The van der Waals surface area contributed by atoms with Gasteiger partial charge in [0.1, 0.15) is 6.61 Å². The van der Waals surface area contributed by atoms with Crippen LogP contribution >= 0.6 is 0 Å². The van der Waals surface area contributed by atoms with Crippen molar-refractivity contribution in [1.29, 1.82) is 0 Å². The molecule has 1 saturated carbocycles. The van der Waals surface area contributed by atoms with Crippen LogP contribution < -0.4 is 0 Å². The molecular weight excluding hydrogens is 208 g/mol. The number of epoxide rings is 1. The third-order valence-electron chi connectivity index (χ3n) is 3.80. The molecule has 2 aliphatic heterocycles. The van der Waals surface area contributed by atoms with Crippen LogP contribution in [0.3, 0.4) is 0 Å². The van der Waals surface area contributed by atoms with Crippen LogP contribution in [0.5, 0.6) is 0 Å². The van der Waals surface area contributed by atoms with Gasteiger partial charge < -0.3 is 14.2 Å². The van der Waals surface area contributed by atoms with Crippen molar-refractivity contribution in [2.45, 2.75) is 38.4 Å². The molecule has 4 nitrogen and oxygen atoms in total. The molecule has 4 heteroatoms. The molecule has 0 N–H and O–H groups in total. The molecule has 0 aromatic heterocycles. The van der Waals surface area contributed by atoms with E-state index in [0.29, 0.717) is 32.0 Å². The largest absolute Gasteiger partial charge is 0.465 e. The molecule has 3 fully saturated rings. The zero-order valence-corrected chi connectivity index (χ0v) is 9.61. The summed E-state index contributed by atoms with van der Waals surface area (Å²) < 4.78 is 15.9. The highest BCUT2D eigenvalue weighted by Gasteiger charge is 2.46. The predicted molar refractivity (Wildman–Crippen MR) is 55.9 cm³/mol. The first-order chi connectivity index (χ1) is 7.66. The summed E-state index contributed by atoms with van der Waals surface area (Å²) in [4.78, 5) is 11.8. The minimum absolute atomic E-state index is 0.0397. The molecule has 3 rings (SSSR count). The van der Waals surface area contributed by atoms with E-state index in [1.165, 1.54) is 0 Å². The molecule has 0 spiro atoms. The quantitative estimate of drug-likeness (QED) is 0.534. The maximum Gasteiger partial charge on any atom is 0.309 e. The molecule has 3 atom stereocenters. The lowest BCUT2D eigenvalue weighted by Gasteiger charge is -2.37. The van der Waals surface area contributed by atoms with Crippen molar-refractivity contribution >= 4 is 5.97 Å². The van der Waals surface area contributed by atoms with Gasteiger partial charge in [0, 0.05) is 5.41 Å². The van der Waals surface area contributed by atoms with E-state index in [1.54, 1.807) is 0 Å². The van der Waals surface area contributed by atoms with E-state index in [-0.39, 0.29) is 17.3 Å². The molecule has 3 aliphatic rings.